The summed E-state index contributed by atoms with van der Waals surface area (Å²) in [4.78, 5) is 12.2. The Kier molecular flexibility index (Phi) is 9.23. The van der Waals surface area contributed by atoms with E-state index in [-0.39, 0.29) is 12.5 Å². The molecule has 0 aliphatic carbocycles. The summed E-state index contributed by atoms with van der Waals surface area (Å²) >= 11 is 0. The molecule has 3 aromatic carbocycles. The number of para-hydroxylation sites is 1. The van der Waals surface area contributed by atoms with Crippen molar-refractivity contribution in [3.63, 3.8) is 0 Å². The zero-order chi connectivity index (χ0) is 22.4. The van der Waals surface area contributed by atoms with Crippen LogP contribution in [-0.2, 0) is 9.53 Å². The number of hydrogen-bond acceptors (Lipinski definition) is 6. The summed E-state index contributed by atoms with van der Waals surface area (Å²) in [6.45, 7) is 2.01. The van der Waals surface area contributed by atoms with Crippen LogP contribution >= 0.6 is 0 Å². The van der Waals surface area contributed by atoms with Crippen molar-refractivity contribution >= 4 is 17.3 Å². The van der Waals surface area contributed by atoms with E-state index in [1.807, 2.05) is 66.7 Å². The number of carbonyl (C=O) groups excluding carboxylic acids is 1. The monoisotopic (exact) mass is 436 g/mol. The molecule has 0 atom stereocenters. The molecular formula is C25H28N2O5. The molecule has 1 amide bonds. The van der Waals surface area contributed by atoms with Crippen LogP contribution in [0.4, 0.5) is 11.4 Å². The molecule has 0 unspecified atom stereocenters. The summed E-state index contributed by atoms with van der Waals surface area (Å²) < 4.78 is 21.8. The van der Waals surface area contributed by atoms with Crippen molar-refractivity contribution in [1.82, 2.24) is 0 Å². The lowest BCUT2D eigenvalue weighted by Crippen LogP contribution is -2.21. The zero-order valence-corrected chi connectivity index (χ0v) is 18.1. The molecule has 7 nitrogen and oxygen atoms in total. The van der Waals surface area contributed by atoms with E-state index in [0.29, 0.717) is 37.9 Å². The molecule has 0 aliphatic rings. The third kappa shape index (κ3) is 8.20. The molecule has 32 heavy (non-hydrogen) atoms. The van der Waals surface area contributed by atoms with Gasteiger partial charge in [-0.15, -0.1) is 0 Å². The first-order valence-electron chi connectivity index (χ1n) is 10.4. The second kappa shape index (κ2) is 12.9. The van der Waals surface area contributed by atoms with Crippen molar-refractivity contribution in [1.29, 1.82) is 0 Å². The third-order valence-corrected chi connectivity index (χ3v) is 4.35. The molecule has 7 heteroatoms. The quantitative estimate of drug-likeness (QED) is 0.391. The average Bonchev–Trinajstić information content (AvgIpc) is 2.83. The summed E-state index contributed by atoms with van der Waals surface area (Å²) in [5.74, 6) is 2.09. The second-order valence-corrected chi connectivity index (χ2v) is 6.81. The number of methoxy groups -OCH3 is 1. The van der Waals surface area contributed by atoms with Gasteiger partial charge in [0, 0.05) is 24.6 Å². The van der Waals surface area contributed by atoms with Crippen LogP contribution in [0.2, 0.25) is 0 Å². The zero-order valence-electron chi connectivity index (χ0n) is 18.1. The van der Waals surface area contributed by atoms with Gasteiger partial charge in [0.2, 0.25) is 5.91 Å². The van der Waals surface area contributed by atoms with Crippen LogP contribution in [0, 0.1) is 0 Å². The largest absolute Gasteiger partial charge is 0.491 e. The smallest absolute Gasteiger partial charge is 0.243 e. The number of ether oxygens (including phenoxy) is 4. The van der Waals surface area contributed by atoms with Gasteiger partial charge in [0.25, 0.3) is 0 Å². The molecule has 3 rings (SSSR count). The molecule has 0 bridgehead atoms. The molecule has 0 saturated carbocycles. The minimum Gasteiger partial charge on any atom is -0.491 e. The molecule has 0 aromatic heterocycles. The van der Waals surface area contributed by atoms with E-state index in [1.54, 1.807) is 19.2 Å². The first-order valence-corrected chi connectivity index (χ1v) is 10.4. The lowest BCUT2D eigenvalue weighted by atomic mass is 10.3. The SMILES string of the molecule is COCCOc1cccc(NCC(=O)Nc2ccc(OCCOc3ccccc3)cc2)c1. The molecule has 0 spiro atoms. The highest BCUT2D eigenvalue weighted by Gasteiger charge is 2.04. The van der Waals surface area contributed by atoms with Gasteiger partial charge in [-0.05, 0) is 48.5 Å². The molecular weight excluding hydrogens is 408 g/mol. The van der Waals surface area contributed by atoms with Crippen LogP contribution < -0.4 is 24.8 Å². The van der Waals surface area contributed by atoms with E-state index in [2.05, 4.69) is 10.6 Å². The van der Waals surface area contributed by atoms with E-state index < -0.39 is 0 Å². The molecule has 0 aliphatic heterocycles. The Balaban J connectivity index is 1.36. The Morgan fingerprint density at radius 2 is 1.31 bits per heavy atom. The number of hydrogen-bond donors (Lipinski definition) is 2. The van der Waals surface area contributed by atoms with Gasteiger partial charge >= 0.3 is 0 Å². The first-order chi connectivity index (χ1) is 15.7. The maximum absolute atomic E-state index is 12.2. The van der Waals surface area contributed by atoms with Gasteiger partial charge in [-0.3, -0.25) is 4.79 Å². The van der Waals surface area contributed by atoms with E-state index in [9.17, 15) is 4.79 Å². The first kappa shape index (κ1) is 23.0. The maximum atomic E-state index is 12.2. The predicted molar refractivity (Wildman–Crippen MR) is 125 cm³/mol. The predicted octanol–water partition coefficient (Wildman–Crippen LogP) is 4.22. The lowest BCUT2D eigenvalue weighted by Gasteiger charge is -2.11. The average molecular weight is 437 g/mol. The highest BCUT2D eigenvalue weighted by molar-refractivity contribution is 5.93. The van der Waals surface area contributed by atoms with Crippen LogP contribution in [0.3, 0.4) is 0 Å². The van der Waals surface area contributed by atoms with Gasteiger partial charge in [0.05, 0.1) is 13.2 Å². The third-order valence-electron chi connectivity index (χ3n) is 4.35. The fourth-order valence-electron chi connectivity index (χ4n) is 2.80. The number of amides is 1. The van der Waals surface area contributed by atoms with Crippen LogP contribution in [0.15, 0.2) is 78.9 Å². The normalized spacial score (nSPS) is 10.3. The van der Waals surface area contributed by atoms with Gasteiger partial charge in [0.15, 0.2) is 0 Å². The van der Waals surface area contributed by atoms with Crippen LogP contribution in [0.25, 0.3) is 0 Å². The number of carbonyl (C=O) groups is 1. The Labute approximate surface area is 188 Å². The standard InChI is InChI=1S/C25H28N2O5/c1-29-14-15-32-24-9-5-6-21(18-24)26-19-25(28)27-20-10-12-23(13-11-20)31-17-16-30-22-7-3-2-4-8-22/h2-13,18,26H,14-17,19H2,1H3,(H,27,28). The number of rotatable bonds is 13. The Hall–Kier alpha value is -3.71. The van der Waals surface area contributed by atoms with Crippen molar-refractivity contribution in [3.8, 4) is 17.2 Å². The highest BCUT2D eigenvalue weighted by atomic mass is 16.5. The second-order valence-electron chi connectivity index (χ2n) is 6.81. The summed E-state index contributed by atoms with van der Waals surface area (Å²) in [6, 6.07) is 24.3. The van der Waals surface area contributed by atoms with E-state index >= 15 is 0 Å². The van der Waals surface area contributed by atoms with Crippen molar-refractivity contribution in [3.05, 3.63) is 78.9 Å². The number of benzene rings is 3. The van der Waals surface area contributed by atoms with Crippen LogP contribution in [0.1, 0.15) is 0 Å². The Bertz CT molecular complexity index is 948. The number of nitrogens with one attached hydrogen (secondary N) is 2. The minimum absolute atomic E-state index is 0.136. The van der Waals surface area contributed by atoms with Gasteiger partial charge < -0.3 is 29.6 Å². The molecule has 2 N–H and O–H groups in total. The molecule has 3 aromatic rings. The fourth-order valence-corrected chi connectivity index (χ4v) is 2.80. The van der Waals surface area contributed by atoms with Gasteiger partial charge in [-0.2, -0.15) is 0 Å². The van der Waals surface area contributed by atoms with Crippen molar-refractivity contribution in [2.24, 2.45) is 0 Å². The van der Waals surface area contributed by atoms with Gasteiger partial charge in [-0.25, -0.2) is 0 Å². The van der Waals surface area contributed by atoms with Crippen LogP contribution in [0.5, 0.6) is 17.2 Å². The molecule has 0 saturated heterocycles. The van der Waals surface area contributed by atoms with E-state index in [1.165, 1.54) is 0 Å². The van der Waals surface area contributed by atoms with E-state index in [4.69, 9.17) is 18.9 Å². The fraction of sp³-hybridized carbons (Fsp3) is 0.240. The topological polar surface area (TPSA) is 78.1 Å². The molecule has 0 heterocycles. The van der Waals surface area contributed by atoms with Gasteiger partial charge in [-0.1, -0.05) is 24.3 Å². The van der Waals surface area contributed by atoms with Crippen molar-refractivity contribution in [2.75, 3.05) is 50.7 Å². The molecule has 0 fully saturated rings. The van der Waals surface area contributed by atoms with Crippen LogP contribution in [-0.4, -0.2) is 46.0 Å². The summed E-state index contributed by atoms with van der Waals surface area (Å²) in [7, 11) is 1.63. The highest BCUT2D eigenvalue weighted by Crippen LogP contribution is 2.18. The minimum atomic E-state index is -0.152. The number of anilines is 2. The summed E-state index contributed by atoms with van der Waals surface area (Å²) in [5, 5.41) is 5.95. The van der Waals surface area contributed by atoms with Gasteiger partial charge in [0.1, 0.15) is 37.1 Å². The Morgan fingerprint density at radius 1 is 0.688 bits per heavy atom. The maximum Gasteiger partial charge on any atom is 0.243 e. The Morgan fingerprint density at radius 3 is 2.03 bits per heavy atom. The molecule has 168 valence electrons. The van der Waals surface area contributed by atoms with E-state index in [0.717, 1.165) is 17.2 Å². The molecule has 0 radical (unpaired) electrons. The lowest BCUT2D eigenvalue weighted by molar-refractivity contribution is -0.114. The van der Waals surface area contributed by atoms with Crippen molar-refractivity contribution < 1.29 is 23.7 Å². The van der Waals surface area contributed by atoms with Crippen molar-refractivity contribution in [2.45, 2.75) is 0 Å². The summed E-state index contributed by atoms with van der Waals surface area (Å²) in [6.07, 6.45) is 0. The summed E-state index contributed by atoms with van der Waals surface area (Å²) in [5.41, 5.74) is 1.50.